The molecule has 0 spiro atoms. The van der Waals surface area contributed by atoms with Crippen molar-refractivity contribution in [3.8, 4) is 0 Å². The van der Waals surface area contributed by atoms with E-state index in [0.29, 0.717) is 28.8 Å². The Morgan fingerprint density at radius 3 is 2.38 bits per heavy atom. The molecule has 152 valence electrons. The van der Waals surface area contributed by atoms with Gasteiger partial charge in [-0.2, -0.15) is 0 Å². The number of nitrogens with two attached hydrogens (primary N) is 1. The summed E-state index contributed by atoms with van der Waals surface area (Å²) in [7, 11) is 0. The average molecular weight is 435 g/mol. The van der Waals surface area contributed by atoms with Crippen molar-refractivity contribution in [2.24, 2.45) is 5.73 Å². The molecule has 0 saturated carbocycles. The molecule has 0 bridgehead atoms. The van der Waals surface area contributed by atoms with Crippen LogP contribution in [0.4, 0.5) is 10.5 Å². The van der Waals surface area contributed by atoms with Crippen LogP contribution in [0.5, 0.6) is 0 Å². The van der Waals surface area contributed by atoms with Gasteiger partial charge in [-0.3, -0.25) is 9.59 Å². The van der Waals surface area contributed by atoms with Gasteiger partial charge in [-0.1, -0.05) is 41.4 Å². The monoisotopic (exact) mass is 434 g/mol. The first-order valence-corrected chi connectivity index (χ1v) is 9.71. The van der Waals surface area contributed by atoms with Gasteiger partial charge in [0.25, 0.3) is 0 Å². The molecule has 1 fully saturated rings. The third kappa shape index (κ3) is 5.40. The second kappa shape index (κ2) is 9.15. The van der Waals surface area contributed by atoms with Gasteiger partial charge in [-0.25, -0.2) is 4.79 Å². The molecule has 0 atom stereocenters. The van der Waals surface area contributed by atoms with Gasteiger partial charge in [0.05, 0.1) is 0 Å². The Hall–Kier alpha value is -2.77. The summed E-state index contributed by atoms with van der Waals surface area (Å²) in [6, 6.07) is 13.2. The van der Waals surface area contributed by atoms with Crippen LogP contribution in [0.25, 0.3) is 0 Å². The molecular formula is C20H20Cl2N4O3. The van der Waals surface area contributed by atoms with Gasteiger partial charge in [0.2, 0.25) is 11.8 Å². The zero-order chi connectivity index (χ0) is 21.0. The van der Waals surface area contributed by atoms with Gasteiger partial charge in [0.15, 0.2) is 0 Å². The summed E-state index contributed by atoms with van der Waals surface area (Å²) in [6.45, 7) is 0.596. The molecule has 0 unspecified atom stereocenters. The van der Waals surface area contributed by atoms with Crippen LogP contribution in [0.15, 0.2) is 48.5 Å². The summed E-state index contributed by atoms with van der Waals surface area (Å²) in [5.74, 6) is -0.549. The molecule has 0 radical (unpaired) electrons. The first kappa shape index (κ1) is 21.0. The van der Waals surface area contributed by atoms with Crippen LogP contribution >= 0.6 is 23.2 Å². The number of carbonyl (C=O) groups is 3. The minimum atomic E-state index is -0.711. The van der Waals surface area contributed by atoms with E-state index in [4.69, 9.17) is 28.9 Å². The van der Waals surface area contributed by atoms with E-state index in [1.165, 1.54) is 9.80 Å². The van der Waals surface area contributed by atoms with E-state index in [2.05, 4.69) is 0 Å². The molecule has 1 aliphatic heterocycles. The third-order valence-corrected chi connectivity index (χ3v) is 5.10. The Morgan fingerprint density at radius 1 is 1.03 bits per heavy atom. The molecule has 4 amide bonds. The predicted octanol–water partition coefficient (Wildman–Crippen LogP) is 2.75. The molecule has 3 rings (SSSR count). The number of hydrogen-bond donors (Lipinski definition) is 1. The van der Waals surface area contributed by atoms with Gasteiger partial charge in [0, 0.05) is 35.4 Å². The molecule has 0 aromatic heterocycles. The summed E-state index contributed by atoms with van der Waals surface area (Å²) in [4.78, 5) is 41.2. The van der Waals surface area contributed by atoms with Crippen molar-refractivity contribution in [3.05, 3.63) is 64.1 Å². The number of rotatable bonds is 5. The second-order valence-electron chi connectivity index (χ2n) is 6.66. The van der Waals surface area contributed by atoms with Crippen molar-refractivity contribution in [1.29, 1.82) is 0 Å². The lowest BCUT2D eigenvalue weighted by Gasteiger charge is -2.35. The maximum Gasteiger partial charge on any atom is 0.315 e. The van der Waals surface area contributed by atoms with E-state index in [0.717, 1.165) is 5.56 Å². The van der Waals surface area contributed by atoms with Crippen LogP contribution in [0.1, 0.15) is 5.56 Å². The summed E-state index contributed by atoms with van der Waals surface area (Å²) in [5.41, 5.74) is 6.92. The normalized spacial score (nSPS) is 14.1. The second-order valence-corrected chi connectivity index (χ2v) is 7.53. The van der Waals surface area contributed by atoms with Crippen molar-refractivity contribution in [3.63, 3.8) is 0 Å². The standard InChI is InChI=1S/C20H20Cl2N4O3/c21-15-6-4-14(5-7-15)11-25(20(23)29)12-18(27)24-8-9-26(19(28)13-24)17-3-1-2-16(22)10-17/h1-7,10H,8-9,11-13H2,(H2,23,29). The van der Waals surface area contributed by atoms with Crippen LogP contribution in [0.2, 0.25) is 10.0 Å². The largest absolute Gasteiger partial charge is 0.351 e. The fourth-order valence-electron chi connectivity index (χ4n) is 3.09. The van der Waals surface area contributed by atoms with E-state index in [1.54, 1.807) is 53.4 Å². The minimum Gasteiger partial charge on any atom is -0.351 e. The Balaban J connectivity index is 1.61. The van der Waals surface area contributed by atoms with Crippen molar-refractivity contribution < 1.29 is 14.4 Å². The quantitative estimate of drug-likeness (QED) is 0.784. The van der Waals surface area contributed by atoms with Crippen LogP contribution < -0.4 is 10.6 Å². The predicted molar refractivity (Wildman–Crippen MR) is 112 cm³/mol. The molecule has 2 N–H and O–H groups in total. The highest BCUT2D eigenvalue weighted by Gasteiger charge is 2.29. The van der Waals surface area contributed by atoms with E-state index >= 15 is 0 Å². The van der Waals surface area contributed by atoms with Crippen LogP contribution in [-0.4, -0.2) is 53.8 Å². The molecule has 29 heavy (non-hydrogen) atoms. The molecule has 1 saturated heterocycles. The molecule has 2 aromatic rings. The Morgan fingerprint density at radius 2 is 1.76 bits per heavy atom. The average Bonchev–Trinajstić information content (AvgIpc) is 2.68. The Labute approximate surface area is 178 Å². The van der Waals surface area contributed by atoms with Crippen LogP contribution in [0, 0.1) is 0 Å². The minimum absolute atomic E-state index is 0.0705. The molecule has 1 aliphatic rings. The van der Waals surface area contributed by atoms with Crippen LogP contribution in [0.3, 0.4) is 0 Å². The van der Waals surface area contributed by atoms with E-state index in [-0.39, 0.29) is 31.4 Å². The number of hydrogen-bond acceptors (Lipinski definition) is 3. The zero-order valence-electron chi connectivity index (χ0n) is 15.6. The molecule has 1 heterocycles. The summed E-state index contributed by atoms with van der Waals surface area (Å²) < 4.78 is 0. The molecule has 7 nitrogen and oxygen atoms in total. The molecule has 9 heteroatoms. The number of primary amides is 1. The van der Waals surface area contributed by atoms with Gasteiger partial charge < -0.3 is 20.4 Å². The summed E-state index contributed by atoms with van der Waals surface area (Å²) >= 11 is 11.9. The van der Waals surface area contributed by atoms with E-state index in [1.807, 2.05) is 0 Å². The summed E-state index contributed by atoms with van der Waals surface area (Å²) in [5, 5.41) is 1.11. The third-order valence-electron chi connectivity index (χ3n) is 4.62. The number of piperazine rings is 1. The number of amides is 4. The van der Waals surface area contributed by atoms with Crippen molar-refractivity contribution in [1.82, 2.24) is 9.80 Å². The van der Waals surface area contributed by atoms with Crippen LogP contribution in [-0.2, 0) is 16.1 Å². The van der Waals surface area contributed by atoms with E-state index in [9.17, 15) is 14.4 Å². The Bertz CT molecular complexity index is 920. The number of benzene rings is 2. The van der Waals surface area contributed by atoms with Crippen molar-refractivity contribution in [2.45, 2.75) is 6.54 Å². The fourth-order valence-corrected chi connectivity index (χ4v) is 3.40. The fraction of sp³-hybridized carbons (Fsp3) is 0.250. The van der Waals surface area contributed by atoms with E-state index < -0.39 is 6.03 Å². The number of carbonyl (C=O) groups excluding carboxylic acids is 3. The first-order valence-electron chi connectivity index (χ1n) is 8.96. The van der Waals surface area contributed by atoms with Gasteiger partial charge in [-0.05, 0) is 35.9 Å². The highest BCUT2D eigenvalue weighted by molar-refractivity contribution is 6.31. The lowest BCUT2D eigenvalue weighted by atomic mass is 10.2. The lowest BCUT2D eigenvalue weighted by Crippen LogP contribution is -2.55. The highest BCUT2D eigenvalue weighted by Crippen LogP contribution is 2.21. The first-order chi connectivity index (χ1) is 13.8. The maximum absolute atomic E-state index is 12.7. The van der Waals surface area contributed by atoms with Crippen molar-refractivity contribution in [2.75, 3.05) is 31.1 Å². The lowest BCUT2D eigenvalue weighted by molar-refractivity contribution is -0.137. The van der Waals surface area contributed by atoms with Gasteiger partial charge in [-0.15, -0.1) is 0 Å². The molecule has 0 aliphatic carbocycles. The SMILES string of the molecule is NC(=O)N(CC(=O)N1CCN(c2cccc(Cl)c2)C(=O)C1)Cc1ccc(Cl)cc1. The number of anilines is 1. The smallest absolute Gasteiger partial charge is 0.315 e. The Kier molecular flexibility index (Phi) is 6.61. The summed E-state index contributed by atoms with van der Waals surface area (Å²) in [6.07, 6.45) is 0. The highest BCUT2D eigenvalue weighted by atomic mass is 35.5. The topological polar surface area (TPSA) is 86.9 Å². The van der Waals surface area contributed by atoms with Gasteiger partial charge >= 0.3 is 6.03 Å². The molecular weight excluding hydrogens is 415 g/mol. The number of nitrogens with zero attached hydrogens (tertiary/aromatic N) is 3. The van der Waals surface area contributed by atoms with Gasteiger partial charge in [0.1, 0.15) is 13.1 Å². The zero-order valence-corrected chi connectivity index (χ0v) is 17.1. The maximum atomic E-state index is 12.7. The molecule has 2 aromatic carbocycles. The van der Waals surface area contributed by atoms with Crippen molar-refractivity contribution >= 4 is 46.7 Å². The number of halogens is 2. The number of urea groups is 1.